The number of fused-ring (bicyclic) bond motifs is 1. The van der Waals surface area contributed by atoms with Gasteiger partial charge in [-0.3, -0.25) is 0 Å². The summed E-state index contributed by atoms with van der Waals surface area (Å²) in [4.78, 5) is 14.9. The van der Waals surface area contributed by atoms with Crippen molar-refractivity contribution >= 4 is 6.03 Å². The SMILES string of the molecule is O=C(NC1CNCCOC1)N1CCc2ccccc2[C@@H]1c1ccc(F)cc1. The molecule has 1 fully saturated rings. The first-order valence-electron chi connectivity index (χ1n) is 9.41. The van der Waals surface area contributed by atoms with Crippen LogP contribution in [0.2, 0.25) is 0 Å². The number of benzene rings is 2. The van der Waals surface area contributed by atoms with Gasteiger partial charge in [-0.15, -0.1) is 0 Å². The van der Waals surface area contributed by atoms with E-state index in [0.717, 1.165) is 24.1 Å². The maximum absolute atomic E-state index is 13.4. The molecule has 0 aliphatic carbocycles. The maximum Gasteiger partial charge on any atom is 0.318 e. The second-order valence-corrected chi connectivity index (χ2v) is 7.02. The van der Waals surface area contributed by atoms with Gasteiger partial charge in [-0.2, -0.15) is 0 Å². The molecule has 2 aliphatic rings. The van der Waals surface area contributed by atoms with Gasteiger partial charge in [-0.25, -0.2) is 9.18 Å². The molecule has 1 saturated heterocycles. The highest BCUT2D eigenvalue weighted by Crippen LogP contribution is 2.35. The van der Waals surface area contributed by atoms with E-state index in [2.05, 4.69) is 22.8 Å². The van der Waals surface area contributed by atoms with E-state index in [0.29, 0.717) is 26.3 Å². The average Bonchev–Trinajstić information content (AvgIpc) is 2.96. The molecule has 2 aromatic carbocycles. The van der Waals surface area contributed by atoms with Crippen LogP contribution in [0.4, 0.5) is 9.18 Å². The Morgan fingerprint density at radius 3 is 2.85 bits per heavy atom. The number of rotatable bonds is 2. The number of nitrogens with one attached hydrogen (secondary N) is 2. The lowest BCUT2D eigenvalue weighted by Gasteiger charge is -2.38. The fourth-order valence-electron chi connectivity index (χ4n) is 3.85. The van der Waals surface area contributed by atoms with E-state index in [1.165, 1.54) is 17.7 Å². The summed E-state index contributed by atoms with van der Waals surface area (Å²) in [7, 11) is 0. The van der Waals surface area contributed by atoms with Gasteiger partial charge in [-0.05, 0) is 35.2 Å². The van der Waals surface area contributed by atoms with Crippen LogP contribution in [0.1, 0.15) is 22.7 Å². The molecule has 5 nitrogen and oxygen atoms in total. The van der Waals surface area contributed by atoms with Gasteiger partial charge < -0.3 is 20.3 Å². The van der Waals surface area contributed by atoms with Crippen molar-refractivity contribution in [2.75, 3.05) is 32.8 Å². The summed E-state index contributed by atoms with van der Waals surface area (Å²) in [5, 5.41) is 6.37. The number of amides is 2. The Morgan fingerprint density at radius 2 is 2.00 bits per heavy atom. The number of carbonyl (C=O) groups is 1. The second-order valence-electron chi connectivity index (χ2n) is 7.02. The average molecular weight is 369 g/mol. The van der Waals surface area contributed by atoms with Crippen LogP contribution in [0.3, 0.4) is 0 Å². The minimum atomic E-state index is -0.277. The van der Waals surface area contributed by atoms with E-state index in [-0.39, 0.29) is 23.9 Å². The van der Waals surface area contributed by atoms with Gasteiger partial charge in [0.15, 0.2) is 0 Å². The molecule has 2 atom stereocenters. The zero-order chi connectivity index (χ0) is 18.6. The molecule has 27 heavy (non-hydrogen) atoms. The van der Waals surface area contributed by atoms with Crippen LogP contribution in [0.15, 0.2) is 48.5 Å². The lowest BCUT2D eigenvalue weighted by molar-refractivity contribution is 0.127. The van der Waals surface area contributed by atoms with Crippen molar-refractivity contribution < 1.29 is 13.9 Å². The largest absolute Gasteiger partial charge is 0.378 e. The minimum absolute atomic E-state index is 0.0639. The highest BCUT2D eigenvalue weighted by Gasteiger charge is 2.32. The van der Waals surface area contributed by atoms with Crippen LogP contribution >= 0.6 is 0 Å². The molecule has 142 valence electrons. The van der Waals surface area contributed by atoms with E-state index in [1.54, 1.807) is 12.1 Å². The van der Waals surface area contributed by atoms with Crippen molar-refractivity contribution in [2.24, 2.45) is 0 Å². The van der Waals surface area contributed by atoms with Crippen molar-refractivity contribution in [2.45, 2.75) is 18.5 Å². The third-order valence-electron chi connectivity index (χ3n) is 5.19. The van der Waals surface area contributed by atoms with Crippen LogP contribution < -0.4 is 10.6 Å². The highest BCUT2D eigenvalue weighted by molar-refractivity contribution is 5.76. The smallest absolute Gasteiger partial charge is 0.318 e. The summed E-state index contributed by atoms with van der Waals surface area (Å²) in [6.45, 7) is 3.26. The summed E-state index contributed by atoms with van der Waals surface area (Å²) in [5.74, 6) is -0.277. The third kappa shape index (κ3) is 3.96. The van der Waals surface area contributed by atoms with Gasteiger partial charge in [0.25, 0.3) is 0 Å². The normalized spacial score (nSPS) is 22.6. The van der Waals surface area contributed by atoms with Crippen LogP contribution in [0.25, 0.3) is 0 Å². The lowest BCUT2D eigenvalue weighted by Crippen LogP contribution is -2.52. The molecule has 2 aliphatic heterocycles. The van der Waals surface area contributed by atoms with E-state index < -0.39 is 0 Å². The zero-order valence-electron chi connectivity index (χ0n) is 15.2. The molecule has 4 rings (SSSR count). The first-order chi connectivity index (χ1) is 13.2. The summed E-state index contributed by atoms with van der Waals surface area (Å²) in [6.07, 6.45) is 0.806. The Labute approximate surface area is 158 Å². The molecule has 0 bridgehead atoms. The molecule has 6 heteroatoms. The number of nitrogens with zero attached hydrogens (tertiary/aromatic N) is 1. The van der Waals surface area contributed by atoms with Gasteiger partial charge in [0.1, 0.15) is 5.82 Å². The molecular weight excluding hydrogens is 345 g/mol. The molecule has 0 spiro atoms. The van der Waals surface area contributed by atoms with Crippen molar-refractivity contribution in [1.82, 2.24) is 15.5 Å². The quantitative estimate of drug-likeness (QED) is 0.855. The number of urea groups is 1. The van der Waals surface area contributed by atoms with Crippen LogP contribution in [0, 0.1) is 5.82 Å². The Morgan fingerprint density at radius 1 is 1.19 bits per heavy atom. The second kappa shape index (κ2) is 8.06. The first-order valence-corrected chi connectivity index (χ1v) is 9.41. The number of hydrogen-bond acceptors (Lipinski definition) is 3. The molecular formula is C21H24FN3O2. The molecule has 2 N–H and O–H groups in total. The monoisotopic (exact) mass is 369 g/mol. The molecule has 2 heterocycles. The fraction of sp³-hybridized carbons (Fsp3) is 0.381. The summed E-state index contributed by atoms with van der Waals surface area (Å²) >= 11 is 0. The minimum Gasteiger partial charge on any atom is -0.378 e. The van der Waals surface area contributed by atoms with Gasteiger partial charge in [0.2, 0.25) is 0 Å². The number of halogens is 1. The Kier molecular flexibility index (Phi) is 5.36. The van der Waals surface area contributed by atoms with E-state index >= 15 is 0 Å². The van der Waals surface area contributed by atoms with Crippen molar-refractivity contribution in [3.8, 4) is 0 Å². The standard InChI is InChI=1S/C21H24FN3O2/c22-17-7-5-16(6-8-17)20-19-4-2-1-3-15(19)9-11-25(20)21(26)24-18-13-23-10-12-27-14-18/h1-8,18,20,23H,9-14H2,(H,24,26)/t18?,20-/m0/s1. The van der Waals surface area contributed by atoms with Gasteiger partial charge in [0.05, 0.1) is 25.3 Å². The van der Waals surface area contributed by atoms with E-state index in [9.17, 15) is 9.18 Å². The lowest BCUT2D eigenvalue weighted by atomic mass is 9.88. The van der Waals surface area contributed by atoms with E-state index in [4.69, 9.17) is 4.74 Å². The summed E-state index contributed by atoms with van der Waals surface area (Å²) in [5.41, 5.74) is 3.24. The maximum atomic E-state index is 13.4. The number of hydrogen-bond donors (Lipinski definition) is 2. The molecule has 0 radical (unpaired) electrons. The highest BCUT2D eigenvalue weighted by atomic mass is 19.1. The topological polar surface area (TPSA) is 53.6 Å². The molecule has 2 aromatic rings. The van der Waals surface area contributed by atoms with Gasteiger partial charge >= 0.3 is 6.03 Å². The van der Waals surface area contributed by atoms with Crippen LogP contribution in [-0.2, 0) is 11.2 Å². The van der Waals surface area contributed by atoms with Crippen molar-refractivity contribution in [1.29, 1.82) is 0 Å². The zero-order valence-corrected chi connectivity index (χ0v) is 15.2. The number of ether oxygens (including phenoxy) is 1. The Balaban J connectivity index is 1.62. The Hall–Kier alpha value is -2.44. The Bertz CT molecular complexity index is 788. The number of carbonyl (C=O) groups excluding carboxylic acids is 1. The summed E-state index contributed by atoms with van der Waals surface area (Å²) in [6, 6.07) is 14.2. The van der Waals surface area contributed by atoms with Gasteiger partial charge in [0, 0.05) is 19.6 Å². The van der Waals surface area contributed by atoms with Crippen LogP contribution in [0.5, 0.6) is 0 Å². The first kappa shape index (κ1) is 17.9. The van der Waals surface area contributed by atoms with Crippen molar-refractivity contribution in [3.05, 3.63) is 71.0 Å². The fourth-order valence-corrected chi connectivity index (χ4v) is 3.85. The molecule has 0 saturated carbocycles. The summed E-state index contributed by atoms with van der Waals surface area (Å²) < 4.78 is 19.0. The van der Waals surface area contributed by atoms with Crippen LogP contribution in [-0.4, -0.2) is 49.8 Å². The van der Waals surface area contributed by atoms with Gasteiger partial charge in [-0.1, -0.05) is 36.4 Å². The van der Waals surface area contributed by atoms with Crippen molar-refractivity contribution in [3.63, 3.8) is 0 Å². The predicted molar refractivity (Wildman–Crippen MR) is 101 cm³/mol. The molecule has 1 unspecified atom stereocenters. The molecule has 0 aromatic heterocycles. The predicted octanol–water partition coefficient (Wildman–Crippen LogP) is 2.47. The third-order valence-corrected chi connectivity index (χ3v) is 5.19. The molecule has 2 amide bonds. The van der Waals surface area contributed by atoms with E-state index in [1.807, 2.05) is 17.0 Å².